The van der Waals surface area contributed by atoms with Crippen molar-refractivity contribution >= 4 is 11.2 Å². The van der Waals surface area contributed by atoms with Crippen molar-refractivity contribution < 1.29 is 0 Å². The van der Waals surface area contributed by atoms with Crippen LogP contribution in [-0.4, -0.2) is 19.9 Å². The highest BCUT2D eigenvalue weighted by atomic mass is 15.0. The van der Waals surface area contributed by atoms with Crippen molar-refractivity contribution in [2.24, 2.45) is 0 Å². The van der Waals surface area contributed by atoms with Crippen LogP contribution < -0.4 is 0 Å². The van der Waals surface area contributed by atoms with E-state index >= 15 is 0 Å². The molecule has 4 nitrogen and oxygen atoms in total. The van der Waals surface area contributed by atoms with Gasteiger partial charge in [-0.15, -0.1) is 0 Å². The maximum Gasteiger partial charge on any atom is 0.181 e. The van der Waals surface area contributed by atoms with E-state index in [1.165, 1.54) is 0 Å². The second kappa shape index (κ2) is 3.12. The molecule has 68 valence electrons. The van der Waals surface area contributed by atoms with E-state index in [1.807, 2.05) is 6.92 Å². The minimum atomic E-state index is 0.781. The predicted octanol–water partition coefficient (Wildman–Crippen LogP) is 1.48. The van der Waals surface area contributed by atoms with Crippen molar-refractivity contribution in [3.05, 3.63) is 17.8 Å². The fourth-order valence-corrected chi connectivity index (χ4v) is 1.36. The Morgan fingerprint density at radius 1 is 1.23 bits per heavy atom. The minimum Gasteiger partial charge on any atom is -0.342 e. The Hall–Kier alpha value is -1.45. The second-order valence-corrected chi connectivity index (χ2v) is 2.89. The summed E-state index contributed by atoms with van der Waals surface area (Å²) in [6.07, 6.45) is 3.43. The van der Waals surface area contributed by atoms with E-state index in [2.05, 4.69) is 26.9 Å². The lowest BCUT2D eigenvalue weighted by molar-refractivity contribution is 0.907. The Kier molecular flexibility index (Phi) is 1.96. The summed E-state index contributed by atoms with van der Waals surface area (Å²) in [5, 5.41) is 0. The van der Waals surface area contributed by atoms with Crippen LogP contribution in [0.15, 0.2) is 6.33 Å². The number of nitrogens with one attached hydrogen (secondary N) is 1. The summed E-state index contributed by atoms with van der Waals surface area (Å²) in [4.78, 5) is 15.9. The molecule has 0 aliphatic rings. The summed E-state index contributed by atoms with van der Waals surface area (Å²) in [5.74, 6) is 0.872. The van der Waals surface area contributed by atoms with Crippen LogP contribution >= 0.6 is 0 Å². The van der Waals surface area contributed by atoms with E-state index < -0.39 is 0 Å². The summed E-state index contributed by atoms with van der Waals surface area (Å²) in [7, 11) is 0. The highest BCUT2D eigenvalue weighted by Crippen LogP contribution is 2.11. The molecular formula is C9H12N4. The van der Waals surface area contributed by atoms with Gasteiger partial charge in [0.15, 0.2) is 5.65 Å². The van der Waals surface area contributed by atoms with Crippen LogP contribution in [0.2, 0.25) is 0 Å². The van der Waals surface area contributed by atoms with Gasteiger partial charge in [0.1, 0.15) is 11.3 Å². The van der Waals surface area contributed by atoms with Gasteiger partial charge in [0.2, 0.25) is 0 Å². The van der Waals surface area contributed by atoms with E-state index in [-0.39, 0.29) is 0 Å². The van der Waals surface area contributed by atoms with Crippen LogP contribution in [0.4, 0.5) is 0 Å². The van der Waals surface area contributed by atoms with Gasteiger partial charge in [-0.05, 0) is 6.42 Å². The number of aromatic amines is 1. The Morgan fingerprint density at radius 3 is 2.77 bits per heavy atom. The van der Waals surface area contributed by atoms with Gasteiger partial charge in [0, 0.05) is 6.42 Å². The van der Waals surface area contributed by atoms with Crippen LogP contribution in [0.5, 0.6) is 0 Å². The maximum absolute atomic E-state index is 4.43. The highest BCUT2D eigenvalue weighted by molar-refractivity contribution is 5.72. The minimum absolute atomic E-state index is 0.781. The number of aromatic nitrogens is 4. The molecule has 2 aromatic rings. The Labute approximate surface area is 76.4 Å². The van der Waals surface area contributed by atoms with Crippen molar-refractivity contribution in [3.8, 4) is 0 Å². The molecule has 13 heavy (non-hydrogen) atoms. The van der Waals surface area contributed by atoms with Gasteiger partial charge in [-0.25, -0.2) is 15.0 Å². The summed E-state index contributed by atoms with van der Waals surface area (Å²) in [5.41, 5.74) is 2.81. The molecule has 0 saturated heterocycles. The zero-order valence-corrected chi connectivity index (χ0v) is 7.83. The fourth-order valence-electron chi connectivity index (χ4n) is 1.36. The van der Waals surface area contributed by atoms with Crippen LogP contribution in [-0.2, 0) is 12.8 Å². The van der Waals surface area contributed by atoms with Gasteiger partial charge < -0.3 is 4.98 Å². The number of hydrogen-bond acceptors (Lipinski definition) is 3. The van der Waals surface area contributed by atoms with Gasteiger partial charge in [-0.1, -0.05) is 13.8 Å². The molecule has 0 amide bonds. The fraction of sp³-hybridized carbons (Fsp3) is 0.444. The molecule has 2 heterocycles. The summed E-state index contributed by atoms with van der Waals surface area (Å²) in [6, 6.07) is 0. The first-order chi connectivity index (χ1) is 6.35. The zero-order valence-electron chi connectivity index (χ0n) is 7.83. The smallest absolute Gasteiger partial charge is 0.181 e. The lowest BCUT2D eigenvalue weighted by Gasteiger charge is -2.00. The molecule has 0 aliphatic carbocycles. The average Bonchev–Trinajstić information content (AvgIpc) is 2.63. The molecule has 0 atom stereocenters. The van der Waals surface area contributed by atoms with E-state index in [0.717, 1.165) is 35.5 Å². The second-order valence-electron chi connectivity index (χ2n) is 2.89. The number of rotatable bonds is 2. The highest BCUT2D eigenvalue weighted by Gasteiger charge is 2.06. The first-order valence-corrected chi connectivity index (χ1v) is 4.54. The number of nitrogens with zero attached hydrogens (tertiary/aromatic N) is 3. The molecule has 0 aliphatic heterocycles. The molecule has 1 N–H and O–H groups in total. The molecule has 0 unspecified atom stereocenters. The van der Waals surface area contributed by atoms with Crippen molar-refractivity contribution in [2.45, 2.75) is 26.7 Å². The maximum atomic E-state index is 4.43. The monoisotopic (exact) mass is 176 g/mol. The molecule has 0 saturated carbocycles. The predicted molar refractivity (Wildman–Crippen MR) is 50.4 cm³/mol. The summed E-state index contributed by atoms with van der Waals surface area (Å²) in [6.45, 7) is 4.13. The Bertz CT molecular complexity index is 418. The molecular weight excluding hydrogens is 164 g/mol. The van der Waals surface area contributed by atoms with Crippen LogP contribution in [0, 0.1) is 0 Å². The third-order valence-corrected chi connectivity index (χ3v) is 2.06. The van der Waals surface area contributed by atoms with Crippen molar-refractivity contribution in [1.29, 1.82) is 0 Å². The molecule has 0 fully saturated rings. The van der Waals surface area contributed by atoms with E-state index in [1.54, 1.807) is 6.33 Å². The third kappa shape index (κ3) is 1.28. The number of hydrogen-bond donors (Lipinski definition) is 1. The molecule has 4 heteroatoms. The molecule has 0 aromatic carbocycles. The number of imidazole rings is 1. The SMILES string of the molecule is CCc1nc(CC)c2[nH]cnc2n1. The van der Waals surface area contributed by atoms with Crippen molar-refractivity contribution in [1.82, 2.24) is 19.9 Å². The van der Waals surface area contributed by atoms with E-state index in [9.17, 15) is 0 Å². The largest absolute Gasteiger partial charge is 0.342 e. The van der Waals surface area contributed by atoms with E-state index in [4.69, 9.17) is 0 Å². The molecule has 2 rings (SSSR count). The Balaban J connectivity index is 2.70. The van der Waals surface area contributed by atoms with Crippen LogP contribution in [0.3, 0.4) is 0 Å². The molecule has 0 spiro atoms. The van der Waals surface area contributed by atoms with Gasteiger partial charge in [-0.3, -0.25) is 0 Å². The number of aryl methyl sites for hydroxylation is 2. The van der Waals surface area contributed by atoms with Crippen molar-refractivity contribution in [2.75, 3.05) is 0 Å². The van der Waals surface area contributed by atoms with Gasteiger partial charge in [0.05, 0.1) is 12.0 Å². The summed E-state index contributed by atoms with van der Waals surface area (Å²) < 4.78 is 0. The Morgan fingerprint density at radius 2 is 2.08 bits per heavy atom. The van der Waals surface area contributed by atoms with Gasteiger partial charge >= 0.3 is 0 Å². The zero-order chi connectivity index (χ0) is 9.26. The van der Waals surface area contributed by atoms with Crippen LogP contribution in [0.25, 0.3) is 11.2 Å². The lowest BCUT2D eigenvalue weighted by Crippen LogP contribution is -1.98. The normalized spacial score (nSPS) is 10.9. The third-order valence-electron chi connectivity index (χ3n) is 2.06. The molecule has 0 bridgehead atoms. The lowest BCUT2D eigenvalue weighted by atomic mass is 10.3. The standard InChI is InChI=1S/C9H12N4/c1-3-6-8-9(11-5-10-8)13-7(4-2)12-6/h5H,3-4H2,1-2H3,(H,10,11,12,13). The quantitative estimate of drug-likeness (QED) is 0.754. The molecule has 2 aromatic heterocycles. The van der Waals surface area contributed by atoms with Gasteiger partial charge in [0.25, 0.3) is 0 Å². The summed E-state index contributed by atoms with van der Waals surface area (Å²) >= 11 is 0. The van der Waals surface area contributed by atoms with E-state index in [0.29, 0.717) is 0 Å². The van der Waals surface area contributed by atoms with Gasteiger partial charge in [-0.2, -0.15) is 0 Å². The number of fused-ring (bicyclic) bond motifs is 1. The topological polar surface area (TPSA) is 54.5 Å². The first-order valence-electron chi connectivity index (χ1n) is 4.54. The molecule has 0 radical (unpaired) electrons. The van der Waals surface area contributed by atoms with Crippen molar-refractivity contribution in [3.63, 3.8) is 0 Å². The number of H-pyrrole nitrogens is 1. The first kappa shape index (κ1) is 8.16. The average molecular weight is 176 g/mol. The van der Waals surface area contributed by atoms with Crippen LogP contribution in [0.1, 0.15) is 25.4 Å².